The van der Waals surface area contributed by atoms with Crippen molar-refractivity contribution in [3.63, 3.8) is 0 Å². The van der Waals surface area contributed by atoms with Crippen LogP contribution in [-0.4, -0.2) is 35.6 Å². The number of likely N-dealkylation sites (tertiary alicyclic amines) is 1. The first-order valence-corrected chi connectivity index (χ1v) is 7.51. The molecule has 108 valence electrons. The molecule has 1 N–H and O–H groups in total. The molecule has 4 heteroatoms. The van der Waals surface area contributed by atoms with Crippen LogP contribution in [0.2, 0.25) is 0 Å². The SMILES string of the molecule is CCCNC1CCN(C(C)c2ncc(C)o2)CC1C. The molecule has 1 saturated heterocycles. The Bertz CT molecular complexity index is 390. The topological polar surface area (TPSA) is 41.3 Å². The molecule has 2 heterocycles. The van der Waals surface area contributed by atoms with Crippen LogP contribution >= 0.6 is 0 Å². The van der Waals surface area contributed by atoms with E-state index in [0.717, 1.165) is 31.3 Å². The highest BCUT2D eigenvalue weighted by atomic mass is 16.4. The monoisotopic (exact) mass is 265 g/mol. The van der Waals surface area contributed by atoms with E-state index < -0.39 is 0 Å². The predicted molar refractivity (Wildman–Crippen MR) is 77.1 cm³/mol. The molecule has 19 heavy (non-hydrogen) atoms. The van der Waals surface area contributed by atoms with Gasteiger partial charge in [-0.15, -0.1) is 0 Å². The minimum Gasteiger partial charge on any atom is -0.444 e. The van der Waals surface area contributed by atoms with Gasteiger partial charge in [0.2, 0.25) is 5.89 Å². The van der Waals surface area contributed by atoms with Gasteiger partial charge < -0.3 is 9.73 Å². The van der Waals surface area contributed by atoms with Crippen LogP contribution in [0.1, 0.15) is 51.3 Å². The lowest BCUT2D eigenvalue weighted by atomic mass is 9.93. The molecule has 0 radical (unpaired) electrons. The minimum absolute atomic E-state index is 0.281. The number of nitrogens with one attached hydrogen (secondary N) is 1. The smallest absolute Gasteiger partial charge is 0.211 e. The molecular formula is C15H27N3O. The van der Waals surface area contributed by atoms with Gasteiger partial charge in [-0.2, -0.15) is 0 Å². The lowest BCUT2D eigenvalue weighted by Gasteiger charge is -2.39. The highest BCUT2D eigenvalue weighted by Crippen LogP contribution is 2.26. The van der Waals surface area contributed by atoms with Crippen LogP contribution in [0.15, 0.2) is 10.6 Å². The molecule has 0 aromatic carbocycles. The second-order valence-corrected chi connectivity index (χ2v) is 5.81. The highest BCUT2D eigenvalue weighted by Gasteiger charge is 2.30. The number of hydrogen-bond acceptors (Lipinski definition) is 4. The maximum atomic E-state index is 5.66. The van der Waals surface area contributed by atoms with Crippen LogP contribution in [0.25, 0.3) is 0 Å². The Kier molecular flexibility index (Phi) is 4.99. The van der Waals surface area contributed by atoms with Gasteiger partial charge in [-0.3, -0.25) is 4.90 Å². The van der Waals surface area contributed by atoms with Gasteiger partial charge >= 0.3 is 0 Å². The first-order chi connectivity index (χ1) is 9.11. The van der Waals surface area contributed by atoms with Crippen molar-refractivity contribution < 1.29 is 4.42 Å². The fourth-order valence-corrected chi connectivity index (χ4v) is 2.88. The molecule has 0 aliphatic carbocycles. The fraction of sp³-hybridized carbons (Fsp3) is 0.800. The van der Waals surface area contributed by atoms with Crippen molar-refractivity contribution in [2.24, 2.45) is 5.92 Å². The number of hydrogen-bond donors (Lipinski definition) is 1. The van der Waals surface area contributed by atoms with Gasteiger partial charge in [-0.05, 0) is 39.2 Å². The maximum absolute atomic E-state index is 5.66. The van der Waals surface area contributed by atoms with Gasteiger partial charge in [0, 0.05) is 19.1 Å². The van der Waals surface area contributed by atoms with Crippen molar-refractivity contribution in [3.8, 4) is 0 Å². The molecular weight excluding hydrogens is 238 g/mol. The number of oxazole rings is 1. The summed E-state index contributed by atoms with van der Waals surface area (Å²) >= 11 is 0. The Morgan fingerprint density at radius 3 is 2.95 bits per heavy atom. The summed E-state index contributed by atoms with van der Waals surface area (Å²) < 4.78 is 5.66. The summed E-state index contributed by atoms with van der Waals surface area (Å²) in [6, 6.07) is 0.943. The third-order valence-corrected chi connectivity index (χ3v) is 4.14. The number of piperidine rings is 1. The molecule has 1 aromatic rings. The van der Waals surface area contributed by atoms with Gasteiger partial charge in [-0.25, -0.2) is 4.98 Å². The average Bonchev–Trinajstić information content (AvgIpc) is 2.83. The Morgan fingerprint density at radius 1 is 1.58 bits per heavy atom. The van der Waals surface area contributed by atoms with Gasteiger partial charge in [-0.1, -0.05) is 13.8 Å². The van der Waals surface area contributed by atoms with E-state index in [1.807, 2.05) is 13.1 Å². The summed E-state index contributed by atoms with van der Waals surface area (Å²) in [4.78, 5) is 6.85. The molecule has 3 atom stereocenters. The first kappa shape index (κ1) is 14.5. The van der Waals surface area contributed by atoms with E-state index in [1.54, 1.807) is 0 Å². The Hall–Kier alpha value is -0.870. The van der Waals surface area contributed by atoms with E-state index in [0.29, 0.717) is 12.0 Å². The van der Waals surface area contributed by atoms with Crippen molar-refractivity contribution >= 4 is 0 Å². The van der Waals surface area contributed by atoms with Crippen LogP contribution in [-0.2, 0) is 0 Å². The van der Waals surface area contributed by atoms with E-state index >= 15 is 0 Å². The van der Waals surface area contributed by atoms with E-state index in [9.17, 15) is 0 Å². The first-order valence-electron chi connectivity index (χ1n) is 7.51. The van der Waals surface area contributed by atoms with Crippen molar-refractivity contribution in [2.75, 3.05) is 19.6 Å². The Labute approximate surface area is 116 Å². The summed E-state index contributed by atoms with van der Waals surface area (Å²) in [6.45, 7) is 12.1. The summed E-state index contributed by atoms with van der Waals surface area (Å²) in [7, 11) is 0. The van der Waals surface area contributed by atoms with E-state index in [4.69, 9.17) is 4.42 Å². The maximum Gasteiger partial charge on any atom is 0.211 e. The molecule has 2 rings (SSSR count). The van der Waals surface area contributed by atoms with Crippen LogP contribution in [0, 0.1) is 12.8 Å². The van der Waals surface area contributed by atoms with E-state index in [1.165, 1.54) is 12.8 Å². The van der Waals surface area contributed by atoms with Gasteiger partial charge in [0.1, 0.15) is 5.76 Å². The molecule has 0 amide bonds. The Balaban J connectivity index is 1.90. The third kappa shape index (κ3) is 3.57. The van der Waals surface area contributed by atoms with Gasteiger partial charge in [0.05, 0.1) is 12.2 Å². The zero-order chi connectivity index (χ0) is 13.8. The van der Waals surface area contributed by atoms with Crippen LogP contribution in [0.3, 0.4) is 0 Å². The average molecular weight is 265 g/mol. The summed E-state index contributed by atoms with van der Waals surface area (Å²) in [6.07, 6.45) is 4.23. The standard InChI is InChI=1S/C15H27N3O/c1-5-7-16-14-6-8-18(10-11(14)2)13(4)15-17-9-12(3)19-15/h9,11,13-14,16H,5-8,10H2,1-4H3. The molecule has 1 aromatic heterocycles. The zero-order valence-corrected chi connectivity index (χ0v) is 12.6. The number of nitrogens with zero attached hydrogens (tertiary/aromatic N) is 2. The molecule has 0 saturated carbocycles. The van der Waals surface area contributed by atoms with Crippen molar-refractivity contribution in [2.45, 2.75) is 52.6 Å². The molecule has 1 aliphatic heterocycles. The molecule has 3 unspecified atom stereocenters. The molecule has 0 spiro atoms. The summed E-state index contributed by atoms with van der Waals surface area (Å²) in [5, 5.41) is 3.66. The highest BCUT2D eigenvalue weighted by molar-refractivity contribution is 4.97. The summed E-state index contributed by atoms with van der Waals surface area (Å²) in [5.41, 5.74) is 0. The Morgan fingerprint density at radius 2 is 2.37 bits per heavy atom. The van der Waals surface area contributed by atoms with Gasteiger partial charge in [0.25, 0.3) is 0 Å². The minimum atomic E-state index is 0.281. The summed E-state index contributed by atoms with van der Waals surface area (Å²) in [5.74, 6) is 2.43. The third-order valence-electron chi connectivity index (χ3n) is 4.14. The molecule has 0 bridgehead atoms. The zero-order valence-electron chi connectivity index (χ0n) is 12.6. The van der Waals surface area contributed by atoms with Crippen molar-refractivity contribution in [3.05, 3.63) is 17.8 Å². The lowest BCUT2D eigenvalue weighted by Crippen LogP contribution is -2.49. The lowest BCUT2D eigenvalue weighted by molar-refractivity contribution is 0.0977. The molecule has 4 nitrogen and oxygen atoms in total. The molecule has 1 fully saturated rings. The van der Waals surface area contributed by atoms with Gasteiger partial charge in [0.15, 0.2) is 0 Å². The fourth-order valence-electron chi connectivity index (χ4n) is 2.88. The number of aryl methyl sites for hydroxylation is 1. The second kappa shape index (κ2) is 6.53. The molecule has 1 aliphatic rings. The normalized spacial score (nSPS) is 26.5. The van der Waals surface area contributed by atoms with Crippen molar-refractivity contribution in [1.29, 1.82) is 0 Å². The van der Waals surface area contributed by atoms with Crippen LogP contribution < -0.4 is 5.32 Å². The number of aromatic nitrogens is 1. The van der Waals surface area contributed by atoms with E-state index in [2.05, 4.69) is 36.0 Å². The van der Waals surface area contributed by atoms with E-state index in [-0.39, 0.29) is 6.04 Å². The van der Waals surface area contributed by atoms with Crippen LogP contribution in [0.4, 0.5) is 0 Å². The number of rotatable bonds is 5. The second-order valence-electron chi connectivity index (χ2n) is 5.81. The van der Waals surface area contributed by atoms with Crippen molar-refractivity contribution in [1.82, 2.24) is 15.2 Å². The quantitative estimate of drug-likeness (QED) is 0.889. The van der Waals surface area contributed by atoms with Crippen LogP contribution in [0.5, 0.6) is 0 Å². The largest absolute Gasteiger partial charge is 0.444 e. The predicted octanol–water partition coefficient (Wildman–Crippen LogP) is 2.75.